The molecule has 0 radical (unpaired) electrons. The van der Waals surface area contributed by atoms with E-state index in [1.807, 2.05) is 32.0 Å². The molecule has 1 N–H and O–H groups in total. The minimum absolute atomic E-state index is 0.0421. The van der Waals surface area contributed by atoms with Crippen LogP contribution in [0.1, 0.15) is 42.0 Å². The Labute approximate surface area is 182 Å². The van der Waals surface area contributed by atoms with Crippen LogP contribution in [0.5, 0.6) is 0 Å². The van der Waals surface area contributed by atoms with Crippen molar-refractivity contribution in [1.82, 2.24) is 5.32 Å². The van der Waals surface area contributed by atoms with Crippen molar-refractivity contribution >= 4 is 35.3 Å². The van der Waals surface area contributed by atoms with Crippen LogP contribution in [0.4, 0.5) is 16.2 Å². The van der Waals surface area contributed by atoms with Gasteiger partial charge in [0.15, 0.2) is 0 Å². The fourth-order valence-electron chi connectivity index (χ4n) is 4.30. The van der Waals surface area contributed by atoms with Crippen molar-refractivity contribution in [2.45, 2.75) is 40.0 Å². The van der Waals surface area contributed by atoms with E-state index >= 15 is 0 Å². The molecular formula is C25H27N3O3. The standard InChI is InChI=1S/C25H27N3O3/c1-4-5-9-27-10-8-19-14-18(6-7-22(19)27)15-21-23(29)26-25(31)28(24(21)30)20-12-16(2)11-17(3)13-20/h6-7,11-15H,4-5,8-10H2,1-3H3,(H,26,29,31). The Morgan fingerprint density at radius 3 is 2.48 bits per heavy atom. The predicted molar refractivity (Wildman–Crippen MR) is 122 cm³/mol. The summed E-state index contributed by atoms with van der Waals surface area (Å²) in [5, 5.41) is 2.30. The minimum atomic E-state index is -0.724. The van der Waals surface area contributed by atoms with E-state index in [0.717, 1.165) is 53.9 Å². The van der Waals surface area contributed by atoms with Crippen molar-refractivity contribution in [3.63, 3.8) is 0 Å². The number of carbonyl (C=O) groups is 3. The van der Waals surface area contributed by atoms with Crippen LogP contribution in [-0.2, 0) is 16.0 Å². The lowest BCUT2D eigenvalue weighted by Gasteiger charge is -2.27. The zero-order chi connectivity index (χ0) is 22.1. The summed E-state index contributed by atoms with van der Waals surface area (Å²) in [7, 11) is 0. The van der Waals surface area contributed by atoms with Crippen molar-refractivity contribution in [2.75, 3.05) is 22.9 Å². The van der Waals surface area contributed by atoms with Gasteiger partial charge in [0, 0.05) is 18.8 Å². The molecule has 0 saturated carbocycles. The first kappa shape index (κ1) is 20.8. The molecule has 0 atom stereocenters. The van der Waals surface area contributed by atoms with E-state index in [1.165, 1.54) is 11.3 Å². The third-order valence-electron chi connectivity index (χ3n) is 5.75. The number of benzene rings is 2. The van der Waals surface area contributed by atoms with Crippen molar-refractivity contribution in [3.05, 3.63) is 64.2 Å². The highest BCUT2D eigenvalue weighted by molar-refractivity contribution is 6.39. The van der Waals surface area contributed by atoms with Crippen LogP contribution in [0.15, 0.2) is 42.0 Å². The summed E-state index contributed by atoms with van der Waals surface area (Å²) in [6.45, 7) is 8.02. The number of anilines is 2. The lowest BCUT2D eigenvalue weighted by atomic mass is 10.0. The van der Waals surface area contributed by atoms with Crippen LogP contribution in [0.3, 0.4) is 0 Å². The number of imide groups is 2. The summed E-state index contributed by atoms with van der Waals surface area (Å²) in [6, 6.07) is 10.8. The highest BCUT2D eigenvalue weighted by atomic mass is 16.2. The number of aryl methyl sites for hydroxylation is 2. The van der Waals surface area contributed by atoms with Crippen LogP contribution in [-0.4, -0.2) is 30.9 Å². The quantitative estimate of drug-likeness (QED) is 0.587. The number of carbonyl (C=O) groups excluding carboxylic acids is 3. The van der Waals surface area contributed by atoms with E-state index in [2.05, 4.69) is 23.2 Å². The molecule has 160 valence electrons. The minimum Gasteiger partial charge on any atom is -0.371 e. The summed E-state index contributed by atoms with van der Waals surface area (Å²) >= 11 is 0. The van der Waals surface area contributed by atoms with Gasteiger partial charge in [-0.15, -0.1) is 0 Å². The Hall–Kier alpha value is -3.41. The number of barbiturate groups is 1. The summed E-state index contributed by atoms with van der Waals surface area (Å²) in [5.74, 6) is -1.27. The number of hydrogen-bond donors (Lipinski definition) is 1. The number of hydrogen-bond acceptors (Lipinski definition) is 4. The SMILES string of the molecule is CCCCN1CCc2cc(C=C3C(=O)NC(=O)N(c4cc(C)cc(C)c4)C3=O)ccc21. The van der Waals surface area contributed by atoms with Gasteiger partial charge in [0.25, 0.3) is 11.8 Å². The molecule has 0 aliphatic carbocycles. The second-order valence-corrected chi connectivity index (χ2v) is 8.28. The Morgan fingerprint density at radius 2 is 1.77 bits per heavy atom. The van der Waals surface area contributed by atoms with Gasteiger partial charge in [-0.05, 0) is 79.3 Å². The fraction of sp³-hybridized carbons (Fsp3) is 0.320. The van der Waals surface area contributed by atoms with Crippen molar-refractivity contribution < 1.29 is 14.4 Å². The van der Waals surface area contributed by atoms with E-state index in [4.69, 9.17) is 0 Å². The van der Waals surface area contributed by atoms with Gasteiger partial charge in [-0.1, -0.05) is 25.5 Å². The zero-order valence-corrected chi connectivity index (χ0v) is 18.2. The molecule has 4 rings (SSSR count). The second-order valence-electron chi connectivity index (χ2n) is 8.28. The van der Waals surface area contributed by atoms with Gasteiger partial charge in [-0.25, -0.2) is 9.69 Å². The lowest BCUT2D eigenvalue weighted by Crippen LogP contribution is -2.54. The van der Waals surface area contributed by atoms with E-state index in [0.29, 0.717) is 5.69 Å². The van der Waals surface area contributed by atoms with Gasteiger partial charge in [0.05, 0.1) is 5.69 Å². The van der Waals surface area contributed by atoms with Gasteiger partial charge in [0.2, 0.25) is 0 Å². The highest BCUT2D eigenvalue weighted by Crippen LogP contribution is 2.30. The van der Waals surface area contributed by atoms with Gasteiger partial charge in [0.1, 0.15) is 5.57 Å². The number of fused-ring (bicyclic) bond motifs is 1. The van der Waals surface area contributed by atoms with Crippen molar-refractivity contribution in [3.8, 4) is 0 Å². The van der Waals surface area contributed by atoms with Crippen molar-refractivity contribution in [1.29, 1.82) is 0 Å². The highest BCUT2D eigenvalue weighted by Gasteiger charge is 2.37. The normalized spacial score (nSPS) is 17.4. The molecule has 4 amide bonds. The van der Waals surface area contributed by atoms with E-state index < -0.39 is 17.8 Å². The number of urea groups is 1. The van der Waals surface area contributed by atoms with Gasteiger partial charge in [-0.2, -0.15) is 0 Å². The first-order valence-electron chi connectivity index (χ1n) is 10.7. The fourth-order valence-corrected chi connectivity index (χ4v) is 4.30. The molecule has 6 nitrogen and oxygen atoms in total. The maximum absolute atomic E-state index is 13.1. The summed E-state index contributed by atoms with van der Waals surface area (Å²) < 4.78 is 0. The summed E-state index contributed by atoms with van der Waals surface area (Å²) in [5.41, 5.74) is 5.51. The molecule has 0 unspecified atom stereocenters. The first-order chi connectivity index (χ1) is 14.9. The number of amides is 4. The third kappa shape index (κ3) is 4.10. The molecule has 1 fully saturated rings. The van der Waals surface area contributed by atoms with Gasteiger partial charge < -0.3 is 4.90 Å². The predicted octanol–water partition coefficient (Wildman–Crippen LogP) is 4.13. The van der Waals surface area contributed by atoms with Crippen LogP contribution >= 0.6 is 0 Å². The molecule has 0 bridgehead atoms. The average molecular weight is 418 g/mol. The monoisotopic (exact) mass is 417 g/mol. The average Bonchev–Trinajstić information content (AvgIpc) is 3.11. The number of rotatable bonds is 5. The van der Waals surface area contributed by atoms with E-state index in [1.54, 1.807) is 18.2 Å². The summed E-state index contributed by atoms with van der Waals surface area (Å²) in [4.78, 5) is 41.5. The molecule has 31 heavy (non-hydrogen) atoms. The van der Waals surface area contributed by atoms with Crippen molar-refractivity contribution in [2.24, 2.45) is 0 Å². The molecule has 2 aromatic carbocycles. The largest absolute Gasteiger partial charge is 0.371 e. The number of nitrogens with zero attached hydrogens (tertiary/aromatic N) is 2. The zero-order valence-electron chi connectivity index (χ0n) is 18.2. The summed E-state index contributed by atoms with van der Waals surface area (Å²) in [6.07, 6.45) is 4.84. The smallest absolute Gasteiger partial charge is 0.335 e. The molecule has 1 saturated heterocycles. The molecule has 0 aromatic heterocycles. The van der Waals surface area contributed by atoms with Crippen LogP contribution in [0.25, 0.3) is 6.08 Å². The lowest BCUT2D eigenvalue weighted by molar-refractivity contribution is -0.122. The number of nitrogens with one attached hydrogen (secondary N) is 1. The van der Waals surface area contributed by atoms with Crippen LogP contribution in [0, 0.1) is 13.8 Å². The molecule has 2 aromatic rings. The van der Waals surface area contributed by atoms with Crippen LogP contribution < -0.4 is 15.1 Å². The molecule has 2 aliphatic rings. The van der Waals surface area contributed by atoms with Gasteiger partial charge >= 0.3 is 6.03 Å². The number of unbranched alkanes of at least 4 members (excludes halogenated alkanes) is 1. The molecule has 6 heteroatoms. The Bertz CT molecular complexity index is 1080. The third-order valence-corrected chi connectivity index (χ3v) is 5.75. The van der Waals surface area contributed by atoms with Crippen LogP contribution in [0.2, 0.25) is 0 Å². The Morgan fingerprint density at radius 1 is 1.03 bits per heavy atom. The first-order valence-corrected chi connectivity index (χ1v) is 10.7. The maximum Gasteiger partial charge on any atom is 0.335 e. The molecule has 2 heterocycles. The molecule has 0 spiro atoms. The van der Waals surface area contributed by atoms with E-state index in [9.17, 15) is 14.4 Å². The maximum atomic E-state index is 13.1. The molecule has 2 aliphatic heterocycles. The second kappa shape index (κ2) is 8.38. The molecular weight excluding hydrogens is 390 g/mol. The Kier molecular flexibility index (Phi) is 5.63. The van der Waals surface area contributed by atoms with Gasteiger partial charge in [-0.3, -0.25) is 14.9 Å². The topological polar surface area (TPSA) is 69.7 Å². The van der Waals surface area contributed by atoms with E-state index in [-0.39, 0.29) is 5.57 Å². The Balaban J connectivity index is 1.65.